The zero-order valence-electron chi connectivity index (χ0n) is 11.9. The van der Waals surface area contributed by atoms with E-state index in [9.17, 15) is 13.2 Å². The quantitative estimate of drug-likeness (QED) is 0.712. The molecule has 2 aromatic rings. The third-order valence-electron chi connectivity index (χ3n) is 3.48. The van der Waals surface area contributed by atoms with Crippen molar-refractivity contribution in [3.05, 3.63) is 47.8 Å². The van der Waals surface area contributed by atoms with Crippen LogP contribution in [0.2, 0.25) is 0 Å². The lowest BCUT2D eigenvalue weighted by atomic mass is 9.94. The molecule has 0 saturated heterocycles. The number of fused-ring (bicyclic) bond motifs is 2. The first-order valence-corrected chi connectivity index (χ1v) is 8.94. The fraction of sp³-hybridized carbons (Fsp3) is 0.154. The Morgan fingerprint density at radius 2 is 2.12 bits per heavy atom. The zero-order valence-corrected chi connectivity index (χ0v) is 15.2. The minimum absolute atomic E-state index is 0. The van der Waals surface area contributed by atoms with Gasteiger partial charge in [-0.3, -0.25) is 4.79 Å². The van der Waals surface area contributed by atoms with Crippen molar-refractivity contribution < 1.29 is 17.9 Å². The van der Waals surface area contributed by atoms with Crippen LogP contribution in [0.3, 0.4) is 0 Å². The second kappa shape index (κ2) is 5.92. The third-order valence-corrected chi connectivity index (χ3v) is 5.71. The highest BCUT2D eigenvalue weighted by Gasteiger charge is 2.32. The van der Waals surface area contributed by atoms with Crippen molar-refractivity contribution in [2.45, 2.75) is 16.4 Å². The minimum Gasteiger partial charge on any atom is -0.452 e. The maximum Gasteiger partial charge on any atom is 0.319 e. The molecule has 0 aromatic carbocycles. The predicted molar refractivity (Wildman–Crippen MR) is 91.5 cm³/mol. The molecule has 0 spiro atoms. The molecular weight excluding hydrogens is 420 g/mol. The van der Waals surface area contributed by atoms with Crippen LogP contribution in [0.25, 0.3) is 4.96 Å². The summed E-state index contributed by atoms with van der Waals surface area (Å²) in [5.74, 6) is -1.06. The second-order valence-corrected chi connectivity index (χ2v) is 7.74. The second-order valence-electron chi connectivity index (χ2n) is 5.05. The van der Waals surface area contributed by atoms with Crippen LogP contribution in [0.4, 0.5) is 0 Å². The van der Waals surface area contributed by atoms with Crippen molar-refractivity contribution in [1.29, 1.82) is 0 Å². The summed E-state index contributed by atoms with van der Waals surface area (Å²) >= 11 is 0.843. The molecule has 0 saturated carbocycles. The maximum absolute atomic E-state index is 12.2. The van der Waals surface area contributed by atoms with Gasteiger partial charge in [-0.15, -0.1) is 22.1 Å². The molecule has 2 aliphatic rings. The average molecular weight is 431 g/mol. The van der Waals surface area contributed by atoms with E-state index in [0.717, 1.165) is 16.9 Å². The molecule has 3 heterocycles. The Balaban J connectivity index is 0.00000169. The summed E-state index contributed by atoms with van der Waals surface area (Å²) in [7, 11) is -3.87. The summed E-state index contributed by atoms with van der Waals surface area (Å²) in [6.45, 7) is 0. The van der Waals surface area contributed by atoms with Gasteiger partial charge in [-0.1, -0.05) is 35.6 Å². The number of nitrogens with zero attached hydrogens (tertiary/aromatic N) is 3. The van der Waals surface area contributed by atoms with Gasteiger partial charge < -0.3 is 4.74 Å². The molecule has 1 aliphatic heterocycles. The lowest BCUT2D eigenvalue weighted by Gasteiger charge is -2.25. The van der Waals surface area contributed by atoms with Gasteiger partial charge in [-0.05, 0) is 11.6 Å². The Morgan fingerprint density at radius 1 is 1.33 bits per heavy atom. The Kier molecular flexibility index (Phi) is 4.20. The van der Waals surface area contributed by atoms with Crippen LogP contribution in [0.1, 0.15) is 11.6 Å². The monoisotopic (exact) mass is 430 g/mol. The van der Waals surface area contributed by atoms with Gasteiger partial charge in [0, 0.05) is 0 Å². The van der Waals surface area contributed by atoms with Crippen LogP contribution < -0.4 is 5.14 Å². The van der Waals surface area contributed by atoms with E-state index >= 15 is 0 Å². The maximum atomic E-state index is 12.2. The number of nitrogens with two attached hydrogens (primary N) is 1. The highest BCUT2D eigenvalue weighted by atomic mass is 79.9. The SMILES string of the molecule is Br.NS(=O)(=O)c1nn2cc(C3C=C4C=CC=CC4OC3=O)nc2s1. The number of hydrogen-bond donors (Lipinski definition) is 1. The number of rotatable bonds is 2. The van der Waals surface area contributed by atoms with Crippen molar-refractivity contribution in [1.82, 2.24) is 14.6 Å². The minimum atomic E-state index is -3.87. The highest BCUT2D eigenvalue weighted by Crippen LogP contribution is 2.31. The summed E-state index contributed by atoms with van der Waals surface area (Å²) < 4.78 is 29.0. The fourth-order valence-corrected chi connectivity index (χ4v) is 3.94. The number of esters is 1. The van der Waals surface area contributed by atoms with Gasteiger partial charge in [0.15, 0.2) is 0 Å². The van der Waals surface area contributed by atoms with Crippen molar-refractivity contribution in [2.24, 2.45) is 5.14 Å². The summed E-state index contributed by atoms with van der Waals surface area (Å²) in [5, 5.41) is 8.91. The van der Waals surface area contributed by atoms with Gasteiger partial charge in [0.2, 0.25) is 9.30 Å². The van der Waals surface area contributed by atoms with Crippen LogP contribution in [-0.4, -0.2) is 35.1 Å². The van der Waals surface area contributed by atoms with E-state index in [1.807, 2.05) is 18.2 Å². The van der Waals surface area contributed by atoms with E-state index in [2.05, 4.69) is 10.1 Å². The number of halogens is 1. The van der Waals surface area contributed by atoms with Crippen molar-refractivity contribution in [3.63, 3.8) is 0 Å². The molecule has 11 heteroatoms. The van der Waals surface area contributed by atoms with Gasteiger partial charge in [-0.2, -0.15) is 0 Å². The summed E-state index contributed by atoms with van der Waals surface area (Å²) in [4.78, 5) is 16.8. The molecule has 8 nitrogen and oxygen atoms in total. The van der Waals surface area contributed by atoms with Crippen LogP contribution in [0.15, 0.2) is 46.5 Å². The van der Waals surface area contributed by atoms with Gasteiger partial charge in [0.25, 0.3) is 10.0 Å². The third kappa shape index (κ3) is 2.83. The standard InChI is InChI=1S/C13H10N4O4S2.BrH/c14-23(19,20)13-16-17-6-9(15-12(17)22-13)8-5-7-3-1-2-4-10(7)21-11(8)18;/h1-6,8,10H,(H2,14,19,20);1H. The smallest absolute Gasteiger partial charge is 0.319 e. The number of carbonyl (C=O) groups excluding carboxylic acids is 1. The molecule has 2 unspecified atom stereocenters. The Bertz CT molecular complexity index is 987. The van der Waals surface area contributed by atoms with Crippen molar-refractivity contribution in [3.8, 4) is 0 Å². The molecule has 2 aromatic heterocycles. The van der Waals surface area contributed by atoms with Crippen LogP contribution in [0.5, 0.6) is 0 Å². The lowest BCUT2D eigenvalue weighted by molar-refractivity contribution is -0.147. The molecule has 2 atom stereocenters. The zero-order chi connectivity index (χ0) is 16.2. The Morgan fingerprint density at radius 3 is 2.83 bits per heavy atom. The number of carbonyl (C=O) groups is 1. The van der Waals surface area contributed by atoms with E-state index in [1.165, 1.54) is 10.7 Å². The molecule has 0 radical (unpaired) electrons. The predicted octanol–water partition coefficient (Wildman–Crippen LogP) is 1.08. The van der Waals surface area contributed by atoms with Gasteiger partial charge in [0.1, 0.15) is 12.0 Å². The molecular formula is C13H11BrN4O4S2. The average Bonchev–Trinajstić information content (AvgIpc) is 3.04. The molecule has 126 valence electrons. The summed E-state index contributed by atoms with van der Waals surface area (Å²) in [5.41, 5.74) is 1.33. The highest BCUT2D eigenvalue weighted by molar-refractivity contribution is 8.93. The molecule has 24 heavy (non-hydrogen) atoms. The topological polar surface area (TPSA) is 117 Å². The first kappa shape index (κ1) is 17.0. The molecule has 0 fully saturated rings. The van der Waals surface area contributed by atoms with Gasteiger partial charge in [-0.25, -0.2) is 23.1 Å². The van der Waals surface area contributed by atoms with E-state index < -0.39 is 21.9 Å². The molecule has 1 aliphatic carbocycles. The van der Waals surface area contributed by atoms with E-state index in [4.69, 9.17) is 9.88 Å². The van der Waals surface area contributed by atoms with E-state index in [0.29, 0.717) is 10.7 Å². The van der Waals surface area contributed by atoms with Gasteiger partial charge >= 0.3 is 5.97 Å². The number of primary sulfonamides is 1. The molecule has 4 rings (SSSR count). The molecule has 0 amide bonds. The fourth-order valence-electron chi connectivity index (χ4n) is 2.42. The van der Waals surface area contributed by atoms with Crippen LogP contribution in [0, 0.1) is 0 Å². The Labute approximate surface area is 151 Å². The van der Waals surface area contributed by atoms with Crippen molar-refractivity contribution >= 4 is 49.3 Å². The number of hydrogen-bond acceptors (Lipinski definition) is 7. The summed E-state index contributed by atoms with van der Waals surface area (Å²) in [6.07, 6.45) is 10.3. The lowest BCUT2D eigenvalue weighted by Crippen LogP contribution is -2.28. The number of aromatic nitrogens is 3. The Hall–Kier alpha value is -1.82. The molecule has 2 N–H and O–H groups in total. The van der Waals surface area contributed by atoms with Crippen LogP contribution in [-0.2, 0) is 19.6 Å². The number of ether oxygens (including phenoxy) is 1. The first-order chi connectivity index (χ1) is 10.9. The summed E-state index contributed by atoms with van der Waals surface area (Å²) in [6, 6.07) is 0. The molecule has 0 bridgehead atoms. The number of allylic oxidation sites excluding steroid dienone is 2. The largest absolute Gasteiger partial charge is 0.452 e. The van der Waals surface area contributed by atoms with E-state index in [1.54, 1.807) is 12.2 Å². The normalized spacial score (nSPS) is 22.7. The number of imidazole rings is 1. The van der Waals surface area contributed by atoms with Crippen LogP contribution >= 0.6 is 28.3 Å². The van der Waals surface area contributed by atoms with E-state index in [-0.39, 0.29) is 27.4 Å². The number of sulfonamides is 1. The van der Waals surface area contributed by atoms with Gasteiger partial charge in [0.05, 0.1) is 11.9 Å². The van der Waals surface area contributed by atoms with Crippen molar-refractivity contribution in [2.75, 3.05) is 0 Å². The first-order valence-electron chi connectivity index (χ1n) is 6.58.